The molecule has 1 aromatic carbocycles. The lowest BCUT2D eigenvalue weighted by atomic mass is 10.0. The number of fused-ring (bicyclic) bond motifs is 1. The van der Waals surface area contributed by atoms with Crippen LogP contribution in [0, 0.1) is 0 Å². The molecule has 3 rings (SSSR count). The third kappa shape index (κ3) is 3.24. The van der Waals surface area contributed by atoms with Crippen LogP contribution in [0.4, 0.5) is 5.69 Å². The maximum atomic E-state index is 11.7. The number of carbonyl (C=O) groups excluding carboxylic acids is 1. The molecule has 0 bridgehead atoms. The van der Waals surface area contributed by atoms with Crippen molar-refractivity contribution in [1.82, 2.24) is 10.2 Å². The molecule has 0 aliphatic carbocycles. The number of benzene rings is 1. The standard InChI is InChI=1S/C16H23N3O3/c1-18-13-10-12(2-3-15(13)22-11-16(18)21)14(20)4-7-19-8-5-17-6-9-19/h2-3,10,14,17,20H,4-9,11H2,1H3. The molecule has 2 aliphatic rings. The first-order valence-corrected chi connectivity index (χ1v) is 7.79. The summed E-state index contributed by atoms with van der Waals surface area (Å²) in [5.41, 5.74) is 1.56. The Morgan fingerprint density at radius 3 is 2.91 bits per heavy atom. The summed E-state index contributed by atoms with van der Waals surface area (Å²) in [6, 6.07) is 5.57. The summed E-state index contributed by atoms with van der Waals surface area (Å²) >= 11 is 0. The predicted molar refractivity (Wildman–Crippen MR) is 84.2 cm³/mol. The highest BCUT2D eigenvalue weighted by atomic mass is 16.5. The molecule has 2 N–H and O–H groups in total. The molecule has 0 aromatic heterocycles. The fraction of sp³-hybridized carbons (Fsp3) is 0.562. The number of nitrogens with zero attached hydrogens (tertiary/aromatic N) is 2. The van der Waals surface area contributed by atoms with Gasteiger partial charge in [0.25, 0.3) is 5.91 Å². The molecule has 0 spiro atoms. The van der Waals surface area contributed by atoms with Gasteiger partial charge in [0.2, 0.25) is 0 Å². The Balaban J connectivity index is 1.65. The van der Waals surface area contributed by atoms with Crippen molar-refractivity contribution >= 4 is 11.6 Å². The first-order chi connectivity index (χ1) is 10.6. The summed E-state index contributed by atoms with van der Waals surface area (Å²) in [6.07, 6.45) is 0.169. The Kier molecular flexibility index (Phi) is 4.61. The molecule has 1 amide bonds. The number of carbonyl (C=O) groups is 1. The fourth-order valence-electron chi connectivity index (χ4n) is 2.90. The molecule has 1 atom stereocenters. The molecule has 120 valence electrons. The lowest BCUT2D eigenvalue weighted by Crippen LogP contribution is -2.44. The number of nitrogens with one attached hydrogen (secondary N) is 1. The highest BCUT2D eigenvalue weighted by Gasteiger charge is 2.23. The molecular formula is C16H23N3O3. The van der Waals surface area contributed by atoms with E-state index in [0.29, 0.717) is 12.2 Å². The van der Waals surface area contributed by atoms with E-state index < -0.39 is 6.10 Å². The van der Waals surface area contributed by atoms with Crippen LogP contribution in [-0.2, 0) is 4.79 Å². The van der Waals surface area contributed by atoms with Gasteiger partial charge in [-0.2, -0.15) is 0 Å². The van der Waals surface area contributed by atoms with Gasteiger partial charge in [0.05, 0.1) is 11.8 Å². The van der Waals surface area contributed by atoms with Crippen molar-refractivity contribution in [1.29, 1.82) is 0 Å². The SMILES string of the molecule is CN1C(=O)COc2ccc(C(O)CCN3CCNCC3)cc21. The van der Waals surface area contributed by atoms with E-state index in [2.05, 4.69) is 10.2 Å². The third-order valence-electron chi connectivity index (χ3n) is 4.38. The largest absolute Gasteiger partial charge is 0.482 e. The number of rotatable bonds is 4. The fourth-order valence-corrected chi connectivity index (χ4v) is 2.90. The zero-order valence-electron chi connectivity index (χ0n) is 12.9. The van der Waals surface area contributed by atoms with Crippen LogP contribution in [-0.4, -0.2) is 62.3 Å². The molecule has 2 heterocycles. The number of piperazine rings is 1. The highest BCUT2D eigenvalue weighted by molar-refractivity contribution is 5.97. The van der Waals surface area contributed by atoms with E-state index in [4.69, 9.17) is 4.74 Å². The van der Waals surface area contributed by atoms with Gasteiger partial charge < -0.3 is 25.0 Å². The molecule has 22 heavy (non-hydrogen) atoms. The Labute approximate surface area is 130 Å². The smallest absolute Gasteiger partial charge is 0.264 e. The van der Waals surface area contributed by atoms with Crippen molar-refractivity contribution in [2.75, 3.05) is 51.3 Å². The molecule has 0 saturated carbocycles. The lowest BCUT2D eigenvalue weighted by molar-refractivity contribution is -0.120. The van der Waals surface area contributed by atoms with Crippen LogP contribution >= 0.6 is 0 Å². The zero-order valence-corrected chi connectivity index (χ0v) is 12.9. The average molecular weight is 305 g/mol. The van der Waals surface area contributed by atoms with Crippen LogP contribution < -0.4 is 15.0 Å². The number of likely N-dealkylation sites (N-methyl/N-ethyl adjacent to an activating group) is 1. The van der Waals surface area contributed by atoms with Crippen LogP contribution in [0.3, 0.4) is 0 Å². The summed E-state index contributed by atoms with van der Waals surface area (Å²) in [4.78, 5) is 15.6. The lowest BCUT2D eigenvalue weighted by Gasteiger charge is -2.29. The number of amides is 1. The molecule has 6 heteroatoms. The number of hydrogen-bond donors (Lipinski definition) is 2. The molecule has 1 aromatic rings. The van der Waals surface area contributed by atoms with Crippen molar-refractivity contribution < 1.29 is 14.6 Å². The molecule has 1 unspecified atom stereocenters. The van der Waals surface area contributed by atoms with Gasteiger partial charge in [0, 0.05) is 39.8 Å². The molecule has 0 radical (unpaired) electrons. The second-order valence-electron chi connectivity index (χ2n) is 5.86. The Morgan fingerprint density at radius 2 is 2.14 bits per heavy atom. The summed E-state index contributed by atoms with van der Waals surface area (Å²) < 4.78 is 5.41. The monoisotopic (exact) mass is 305 g/mol. The van der Waals surface area contributed by atoms with Crippen LogP contribution in [0.15, 0.2) is 18.2 Å². The number of aliphatic hydroxyl groups is 1. The first kappa shape index (κ1) is 15.3. The van der Waals surface area contributed by atoms with E-state index in [1.54, 1.807) is 11.9 Å². The summed E-state index contributed by atoms with van der Waals surface area (Å²) in [7, 11) is 1.74. The number of aliphatic hydroxyl groups excluding tert-OH is 1. The topological polar surface area (TPSA) is 65.0 Å². The molecule has 1 saturated heterocycles. The first-order valence-electron chi connectivity index (χ1n) is 7.79. The number of ether oxygens (including phenoxy) is 1. The molecule has 2 aliphatic heterocycles. The van der Waals surface area contributed by atoms with E-state index in [9.17, 15) is 9.90 Å². The Hall–Kier alpha value is -1.63. The van der Waals surface area contributed by atoms with Crippen molar-refractivity contribution in [3.63, 3.8) is 0 Å². The quantitative estimate of drug-likeness (QED) is 0.841. The second kappa shape index (κ2) is 6.64. The van der Waals surface area contributed by atoms with Gasteiger partial charge in [-0.25, -0.2) is 0 Å². The minimum absolute atomic E-state index is 0.0695. The van der Waals surface area contributed by atoms with E-state index in [0.717, 1.165) is 44.0 Å². The van der Waals surface area contributed by atoms with Crippen molar-refractivity contribution in [2.45, 2.75) is 12.5 Å². The maximum Gasteiger partial charge on any atom is 0.264 e. The van der Waals surface area contributed by atoms with Gasteiger partial charge in [-0.3, -0.25) is 4.79 Å². The third-order valence-corrected chi connectivity index (χ3v) is 4.38. The summed E-state index contributed by atoms with van der Waals surface area (Å²) in [5, 5.41) is 13.7. The maximum absolute atomic E-state index is 11.7. The van der Waals surface area contributed by atoms with Gasteiger partial charge in [-0.05, 0) is 24.1 Å². The van der Waals surface area contributed by atoms with Gasteiger partial charge in [0.15, 0.2) is 6.61 Å². The Morgan fingerprint density at radius 1 is 1.36 bits per heavy atom. The summed E-state index contributed by atoms with van der Waals surface area (Å²) in [6.45, 7) is 5.04. The molecular weight excluding hydrogens is 282 g/mol. The minimum atomic E-state index is -0.523. The van der Waals surface area contributed by atoms with Crippen LogP contribution in [0.25, 0.3) is 0 Å². The zero-order chi connectivity index (χ0) is 15.5. The molecule has 6 nitrogen and oxygen atoms in total. The van der Waals surface area contributed by atoms with Crippen LogP contribution in [0.5, 0.6) is 5.75 Å². The Bertz CT molecular complexity index is 543. The summed E-state index contributed by atoms with van der Waals surface area (Å²) in [5.74, 6) is 0.625. The van der Waals surface area contributed by atoms with E-state index in [1.807, 2.05) is 18.2 Å². The van der Waals surface area contributed by atoms with Gasteiger partial charge in [-0.1, -0.05) is 6.07 Å². The van der Waals surface area contributed by atoms with E-state index in [-0.39, 0.29) is 12.5 Å². The van der Waals surface area contributed by atoms with Gasteiger partial charge in [-0.15, -0.1) is 0 Å². The number of anilines is 1. The average Bonchev–Trinajstić information content (AvgIpc) is 2.57. The predicted octanol–water partition coefficient (Wildman–Crippen LogP) is 0.371. The van der Waals surface area contributed by atoms with Crippen molar-refractivity contribution in [3.8, 4) is 5.75 Å². The minimum Gasteiger partial charge on any atom is -0.482 e. The normalized spacial score (nSPS) is 20.5. The number of hydrogen-bond acceptors (Lipinski definition) is 5. The molecule has 1 fully saturated rings. The second-order valence-corrected chi connectivity index (χ2v) is 5.86. The van der Waals surface area contributed by atoms with E-state index >= 15 is 0 Å². The van der Waals surface area contributed by atoms with Crippen LogP contribution in [0.1, 0.15) is 18.1 Å². The van der Waals surface area contributed by atoms with Crippen molar-refractivity contribution in [3.05, 3.63) is 23.8 Å². The van der Waals surface area contributed by atoms with Crippen LogP contribution in [0.2, 0.25) is 0 Å². The van der Waals surface area contributed by atoms with Crippen molar-refractivity contribution in [2.24, 2.45) is 0 Å². The van der Waals surface area contributed by atoms with E-state index in [1.165, 1.54) is 0 Å². The van der Waals surface area contributed by atoms with Gasteiger partial charge in [0.1, 0.15) is 5.75 Å². The highest BCUT2D eigenvalue weighted by Crippen LogP contribution is 2.34. The van der Waals surface area contributed by atoms with Gasteiger partial charge >= 0.3 is 0 Å².